The Morgan fingerprint density at radius 1 is 0.963 bits per heavy atom. The number of fused-ring (bicyclic) bond motifs is 2. The summed E-state index contributed by atoms with van der Waals surface area (Å²) in [5.74, 6) is 1.61. The van der Waals surface area contributed by atoms with E-state index in [-0.39, 0.29) is 0 Å². The summed E-state index contributed by atoms with van der Waals surface area (Å²) in [4.78, 5) is 4.75. The van der Waals surface area contributed by atoms with E-state index in [2.05, 4.69) is 70.2 Å². The number of nitrogens with zero attached hydrogens (tertiary/aromatic N) is 4. The minimum Gasteiger partial charge on any atom is -0.357 e. The van der Waals surface area contributed by atoms with Crippen LogP contribution in [0.5, 0.6) is 0 Å². The SMILES string of the molecule is CCNC(=NCc1cccc2ccccc12)NCc1nnc2ccccn12. The van der Waals surface area contributed by atoms with E-state index in [1.807, 2.05) is 28.8 Å². The number of aliphatic imine (C=N–C) groups is 1. The molecule has 0 spiro atoms. The van der Waals surface area contributed by atoms with Crippen molar-refractivity contribution in [3.8, 4) is 0 Å². The molecule has 0 aliphatic rings. The first kappa shape index (κ1) is 17.0. The second kappa shape index (κ2) is 7.86. The first-order valence-electron chi connectivity index (χ1n) is 9.12. The van der Waals surface area contributed by atoms with Gasteiger partial charge in [-0.05, 0) is 35.4 Å². The van der Waals surface area contributed by atoms with Crippen LogP contribution in [0.4, 0.5) is 0 Å². The highest BCUT2D eigenvalue weighted by Crippen LogP contribution is 2.19. The molecule has 6 heteroatoms. The van der Waals surface area contributed by atoms with Crippen LogP contribution in [-0.2, 0) is 13.1 Å². The third-order valence-corrected chi connectivity index (χ3v) is 4.43. The lowest BCUT2D eigenvalue weighted by atomic mass is 10.1. The predicted octanol–water partition coefficient (Wildman–Crippen LogP) is 3.14. The van der Waals surface area contributed by atoms with Crippen molar-refractivity contribution in [3.05, 3.63) is 78.2 Å². The Hall–Kier alpha value is -3.41. The molecule has 0 aliphatic carbocycles. The number of aromatic nitrogens is 3. The molecular weight excluding hydrogens is 336 g/mol. The minimum absolute atomic E-state index is 0.548. The van der Waals surface area contributed by atoms with E-state index < -0.39 is 0 Å². The number of nitrogens with one attached hydrogen (secondary N) is 2. The number of hydrogen-bond acceptors (Lipinski definition) is 3. The molecule has 2 heterocycles. The summed E-state index contributed by atoms with van der Waals surface area (Å²) < 4.78 is 1.97. The van der Waals surface area contributed by atoms with Gasteiger partial charge in [-0.1, -0.05) is 48.5 Å². The van der Waals surface area contributed by atoms with Crippen molar-refractivity contribution < 1.29 is 0 Å². The van der Waals surface area contributed by atoms with Crippen molar-refractivity contribution >= 4 is 22.4 Å². The fourth-order valence-corrected chi connectivity index (χ4v) is 3.11. The highest BCUT2D eigenvalue weighted by molar-refractivity contribution is 5.86. The number of hydrogen-bond donors (Lipinski definition) is 2. The van der Waals surface area contributed by atoms with Crippen LogP contribution in [0.3, 0.4) is 0 Å². The zero-order chi connectivity index (χ0) is 18.5. The smallest absolute Gasteiger partial charge is 0.191 e. The summed E-state index contributed by atoms with van der Waals surface area (Å²) in [6.07, 6.45) is 1.96. The fraction of sp³-hybridized carbons (Fsp3) is 0.190. The molecule has 136 valence electrons. The van der Waals surface area contributed by atoms with E-state index in [9.17, 15) is 0 Å². The van der Waals surface area contributed by atoms with Crippen molar-refractivity contribution in [2.24, 2.45) is 4.99 Å². The lowest BCUT2D eigenvalue weighted by Crippen LogP contribution is -2.37. The minimum atomic E-state index is 0.548. The summed E-state index contributed by atoms with van der Waals surface area (Å²) >= 11 is 0. The zero-order valence-electron chi connectivity index (χ0n) is 15.3. The third kappa shape index (κ3) is 3.74. The summed E-state index contributed by atoms with van der Waals surface area (Å²) in [6.45, 7) is 4.01. The monoisotopic (exact) mass is 358 g/mol. The Labute approximate surface area is 158 Å². The molecular formula is C21H22N6. The van der Waals surface area contributed by atoms with Crippen LogP contribution < -0.4 is 10.6 Å². The summed E-state index contributed by atoms with van der Waals surface area (Å²) in [6, 6.07) is 20.6. The molecule has 4 rings (SSSR count). The number of guanidine groups is 1. The standard InChI is InChI=1S/C21H22N6/c1-2-22-21(24-15-20-26-25-19-12-5-6-13-27(19)20)23-14-17-10-7-9-16-8-3-4-11-18(16)17/h3-13H,2,14-15H2,1H3,(H2,22,23,24). The van der Waals surface area contributed by atoms with Gasteiger partial charge in [-0.15, -0.1) is 10.2 Å². The molecule has 0 aliphatic heterocycles. The maximum atomic E-state index is 4.75. The van der Waals surface area contributed by atoms with E-state index in [1.165, 1.54) is 16.3 Å². The molecule has 0 saturated carbocycles. The summed E-state index contributed by atoms with van der Waals surface area (Å²) in [7, 11) is 0. The Kier molecular flexibility index (Phi) is 4.96. The molecule has 0 fully saturated rings. The number of rotatable bonds is 5. The second-order valence-electron chi connectivity index (χ2n) is 6.23. The maximum Gasteiger partial charge on any atom is 0.191 e. The van der Waals surface area contributed by atoms with E-state index in [0.29, 0.717) is 13.1 Å². The summed E-state index contributed by atoms with van der Waals surface area (Å²) in [5.41, 5.74) is 2.05. The summed E-state index contributed by atoms with van der Waals surface area (Å²) in [5, 5.41) is 17.6. The molecule has 0 atom stereocenters. The fourth-order valence-electron chi connectivity index (χ4n) is 3.11. The van der Waals surface area contributed by atoms with Crippen LogP contribution >= 0.6 is 0 Å². The van der Waals surface area contributed by atoms with Gasteiger partial charge < -0.3 is 10.6 Å². The van der Waals surface area contributed by atoms with Gasteiger partial charge in [0.25, 0.3) is 0 Å². The van der Waals surface area contributed by atoms with Crippen molar-refractivity contribution in [2.75, 3.05) is 6.54 Å². The molecule has 0 bridgehead atoms. The van der Waals surface area contributed by atoms with Gasteiger partial charge in [0.1, 0.15) is 0 Å². The molecule has 0 amide bonds. The van der Waals surface area contributed by atoms with Crippen LogP contribution in [0.15, 0.2) is 71.9 Å². The quantitative estimate of drug-likeness (QED) is 0.425. The van der Waals surface area contributed by atoms with E-state index in [1.54, 1.807) is 0 Å². The average molecular weight is 358 g/mol. The van der Waals surface area contributed by atoms with Crippen molar-refractivity contribution in [3.63, 3.8) is 0 Å². The van der Waals surface area contributed by atoms with E-state index >= 15 is 0 Å². The Balaban J connectivity index is 1.51. The van der Waals surface area contributed by atoms with Gasteiger partial charge in [-0.3, -0.25) is 4.40 Å². The molecule has 2 aromatic carbocycles. The normalized spacial score (nSPS) is 11.8. The van der Waals surface area contributed by atoms with Crippen molar-refractivity contribution in [1.82, 2.24) is 25.2 Å². The molecule has 27 heavy (non-hydrogen) atoms. The lowest BCUT2D eigenvalue weighted by Gasteiger charge is -2.11. The topological polar surface area (TPSA) is 66.6 Å². The van der Waals surface area contributed by atoms with Gasteiger partial charge in [0.15, 0.2) is 17.4 Å². The van der Waals surface area contributed by atoms with Crippen LogP contribution in [0.2, 0.25) is 0 Å². The highest BCUT2D eigenvalue weighted by Gasteiger charge is 2.06. The van der Waals surface area contributed by atoms with Gasteiger partial charge in [0.05, 0.1) is 13.1 Å². The predicted molar refractivity (Wildman–Crippen MR) is 109 cm³/mol. The zero-order valence-corrected chi connectivity index (χ0v) is 15.3. The maximum absolute atomic E-state index is 4.75. The Morgan fingerprint density at radius 2 is 1.81 bits per heavy atom. The molecule has 0 saturated heterocycles. The van der Waals surface area contributed by atoms with Gasteiger partial charge >= 0.3 is 0 Å². The molecule has 0 radical (unpaired) electrons. The molecule has 2 aromatic heterocycles. The van der Waals surface area contributed by atoms with Gasteiger partial charge in [0.2, 0.25) is 0 Å². The van der Waals surface area contributed by atoms with Gasteiger partial charge in [-0.25, -0.2) is 4.99 Å². The number of benzene rings is 2. The molecule has 4 aromatic rings. The van der Waals surface area contributed by atoms with Crippen molar-refractivity contribution in [1.29, 1.82) is 0 Å². The third-order valence-electron chi connectivity index (χ3n) is 4.43. The van der Waals surface area contributed by atoms with E-state index in [4.69, 9.17) is 4.99 Å². The van der Waals surface area contributed by atoms with Crippen LogP contribution in [0.25, 0.3) is 16.4 Å². The Bertz CT molecular complexity index is 1080. The Morgan fingerprint density at radius 3 is 2.74 bits per heavy atom. The largest absolute Gasteiger partial charge is 0.357 e. The van der Waals surface area contributed by atoms with Gasteiger partial charge in [-0.2, -0.15) is 0 Å². The van der Waals surface area contributed by atoms with E-state index in [0.717, 1.165) is 24.0 Å². The molecule has 2 N–H and O–H groups in total. The second-order valence-corrected chi connectivity index (χ2v) is 6.23. The highest BCUT2D eigenvalue weighted by atomic mass is 15.3. The average Bonchev–Trinajstić information content (AvgIpc) is 3.13. The van der Waals surface area contributed by atoms with Crippen molar-refractivity contribution in [2.45, 2.75) is 20.0 Å². The van der Waals surface area contributed by atoms with Gasteiger partial charge in [0, 0.05) is 12.7 Å². The first-order valence-corrected chi connectivity index (χ1v) is 9.12. The van der Waals surface area contributed by atoms with Crippen LogP contribution in [0.1, 0.15) is 18.3 Å². The molecule has 6 nitrogen and oxygen atoms in total. The van der Waals surface area contributed by atoms with Crippen LogP contribution in [-0.4, -0.2) is 27.1 Å². The first-order chi connectivity index (χ1) is 13.3. The molecule has 0 unspecified atom stereocenters. The lowest BCUT2D eigenvalue weighted by molar-refractivity contribution is 0.765. The van der Waals surface area contributed by atoms with Crippen LogP contribution in [0, 0.1) is 0 Å². The number of pyridine rings is 1.